The molecule has 178 valence electrons. The molecule has 0 spiro atoms. The van der Waals surface area contributed by atoms with Crippen LogP contribution in [0.5, 0.6) is 11.5 Å². The molecule has 1 N–H and O–H groups in total. The van der Waals surface area contributed by atoms with Crippen LogP contribution in [0, 0.1) is 0 Å². The van der Waals surface area contributed by atoms with E-state index in [1.165, 1.54) is 16.7 Å². The third kappa shape index (κ3) is 4.80. The lowest BCUT2D eigenvalue weighted by Gasteiger charge is -2.18. The summed E-state index contributed by atoms with van der Waals surface area (Å²) in [7, 11) is 0. The third-order valence-electron chi connectivity index (χ3n) is 5.51. The predicted octanol–water partition coefficient (Wildman–Crippen LogP) is 4.50. The van der Waals surface area contributed by atoms with Gasteiger partial charge in [-0.05, 0) is 54.5 Å². The zero-order valence-electron chi connectivity index (χ0n) is 18.3. The molecule has 0 atom stereocenters. The van der Waals surface area contributed by atoms with Crippen molar-refractivity contribution in [2.24, 2.45) is 0 Å². The third-order valence-corrected chi connectivity index (χ3v) is 6.89. The Morgan fingerprint density at radius 3 is 2.69 bits per heavy atom. The molecule has 2 aliphatic rings. The van der Waals surface area contributed by atoms with E-state index in [0.717, 1.165) is 10.9 Å². The Morgan fingerprint density at radius 2 is 1.89 bits per heavy atom. The van der Waals surface area contributed by atoms with Crippen molar-refractivity contribution in [2.75, 3.05) is 19.8 Å². The SMILES string of the molecule is O=C(O)CCCN1C(=O)C(=Cc2ccc3oc(C(=O)c4ccc5c(c4)OCCO5)cc3c2)SC1=S. The first-order valence-electron chi connectivity index (χ1n) is 10.8. The van der Waals surface area contributed by atoms with Gasteiger partial charge in [-0.25, -0.2) is 0 Å². The van der Waals surface area contributed by atoms with E-state index in [1.54, 1.807) is 42.5 Å². The molecule has 8 nitrogen and oxygen atoms in total. The van der Waals surface area contributed by atoms with Crippen LogP contribution in [0.25, 0.3) is 17.0 Å². The quantitative estimate of drug-likeness (QED) is 0.280. The number of amides is 1. The fourth-order valence-electron chi connectivity index (χ4n) is 3.82. The Labute approximate surface area is 209 Å². The van der Waals surface area contributed by atoms with Gasteiger partial charge in [-0.15, -0.1) is 0 Å². The Morgan fingerprint density at radius 1 is 1.09 bits per heavy atom. The van der Waals surface area contributed by atoms with Crippen molar-refractivity contribution in [3.63, 3.8) is 0 Å². The van der Waals surface area contributed by atoms with Crippen LogP contribution in [0.2, 0.25) is 0 Å². The molecule has 1 aromatic heterocycles. The molecule has 3 heterocycles. The van der Waals surface area contributed by atoms with E-state index >= 15 is 0 Å². The minimum absolute atomic E-state index is 0.0272. The minimum atomic E-state index is -0.911. The van der Waals surface area contributed by atoms with Gasteiger partial charge in [0.05, 0.1) is 4.91 Å². The summed E-state index contributed by atoms with van der Waals surface area (Å²) in [6.45, 7) is 1.17. The number of carbonyl (C=O) groups excluding carboxylic acids is 2. The Hall–Kier alpha value is -3.63. The van der Waals surface area contributed by atoms with Crippen molar-refractivity contribution < 1.29 is 33.4 Å². The van der Waals surface area contributed by atoms with E-state index in [1.807, 2.05) is 6.07 Å². The average Bonchev–Trinajstić information content (AvgIpc) is 3.39. The number of carboxylic acid groups (broad SMARTS) is 1. The normalized spacial score (nSPS) is 16.3. The number of ether oxygens (including phenoxy) is 2. The molecule has 35 heavy (non-hydrogen) atoms. The maximum absolute atomic E-state index is 13.0. The lowest BCUT2D eigenvalue weighted by Crippen LogP contribution is -2.29. The number of thioether (sulfide) groups is 1. The van der Waals surface area contributed by atoms with Gasteiger partial charge in [-0.1, -0.05) is 30.0 Å². The van der Waals surface area contributed by atoms with Crippen molar-refractivity contribution in [2.45, 2.75) is 12.8 Å². The van der Waals surface area contributed by atoms with Crippen molar-refractivity contribution in [1.82, 2.24) is 4.90 Å². The Bertz CT molecular complexity index is 1410. The number of benzene rings is 2. The maximum Gasteiger partial charge on any atom is 0.303 e. The van der Waals surface area contributed by atoms with Crippen molar-refractivity contribution in [3.05, 3.63) is 64.3 Å². The van der Waals surface area contributed by atoms with Crippen molar-refractivity contribution in [3.8, 4) is 11.5 Å². The first-order chi connectivity index (χ1) is 16.9. The highest BCUT2D eigenvalue weighted by Gasteiger charge is 2.31. The summed E-state index contributed by atoms with van der Waals surface area (Å²) in [5.74, 6) is -0.103. The fraction of sp³-hybridized carbons (Fsp3) is 0.200. The predicted molar refractivity (Wildman–Crippen MR) is 134 cm³/mol. The highest BCUT2D eigenvalue weighted by Crippen LogP contribution is 2.34. The van der Waals surface area contributed by atoms with E-state index in [0.29, 0.717) is 51.5 Å². The molecular weight excluding hydrogens is 490 g/mol. The van der Waals surface area contributed by atoms with Crippen LogP contribution in [0.3, 0.4) is 0 Å². The summed E-state index contributed by atoms with van der Waals surface area (Å²) in [4.78, 5) is 38.4. The number of carbonyl (C=O) groups is 3. The summed E-state index contributed by atoms with van der Waals surface area (Å²) >= 11 is 6.47. The van der Waals surface area contributed by atoms with Crippen LogP contribution >= 0.6 is 24.0 Å². The van der Waals surface area contributed by atoms with Gasteiger partial charge in [0.15, 0.2) is 17.3 Å². The largest absolute Gasteiger partial charge is 0.486 e. The number of aliphatic carboxylic acids is 1. The van der Waals surface area contributed by atoms with Gasteiger partial charge in [-0.3, -0.25) is 19.3 Å². The molecule has 2 aliphatic heterocycles. The molecule has 0 aliphatic carbocycles. The summed E-state index contributed by atoms with van der Waals surface area (Å²) in [6, 6.07) is 12.1. The molecule has 5 rings (SSSR count). The zero-order chi connectivity index (χ0) is 24.5. The van der Waals surface area contributed by atoms with Crippen LogP contribution in [0.4, 0.5) is 0 Å². The Balaban J connectivity index is 1.35. The van der Waals surface area contributed by atoms with Crippen LogP contribution < -0.4 is 9.47 Å². The second kappa shape index (κ2) is 9.55. The number of thiocarbonyl (C=S) groups is 1. The van der Waals surface area contributed by atoms with Gasteiger partial charge in [-0.2, -0.15) is 0 Å². The molecule has 1 amide bonds. The van der Waals surface area contributed by atoms with Crippen molar-refractivity contribution in [1.29, 1.82) is 0 Å². The highest BCUT2D eigenvalue weighted by atomic mass is 32.2. The van der Waals surface area contributed by atoms with E-state index in [9.17, 15) is 14.4 Å². The van der Waals surface area contributed by atoms with E-state index in [2.05, 4.69) is 0 Å². The molecule has 3 aromatic rings. The van der Waals surface area contributed by atoms with Gasteiger partial charge < -0.3 is 19.0 Å². The molecule has 1 saturated heterocycles. The van der Waals surface area contributed by atoms with Gasteiger partial charge >= 0.3 is 5.97 Å². The standard InChI is InChI=1S/C25H19NO7S2/c27-22(28)2-1-7-26-24(30)21(35-25(26)34)11-14-3-5-17-16(10-14)13-20(33-17)23(29)15-4-6-18-19(12-15)32-9-8-31-18/h3-6,10-13H,1-2,7-9H2,(H,27,28). The number of furan rings is 1. The monoisotopic (exact) mass is 509 g/mol. The summed E-state index contributed by atoms with van der Waals surface area (Å²) < 4.78 is 17.3. The van der Waals surface area contributed by atoms with E-state index < -0.39 is 5.97 Å². The number of fused-ring (bicyclic) bond motifs is 2. The maximum atomic E-state index is 13.0. The summed E-state index contributed by atoms with van der Waals surface area (Å²) in [5, 5.41) is 9.53. The summed E-state index contributed by atoms with van der Waals surface area (Å²) in [6.07, 6.45) is 2.03. The lowest BCUT2D eigenvalue weighted by atomic mass is 10.1. The van der Waals surface area contributed by atoms with Gasteiger partial charge in [0.25, 0.3) is 5.91 Å². The molecule has 2 aromatic carbocycles. The molecular formula is C25H19NO7S2. The van der Waals surface area contributed by atoms with Gasteiger partial charge in [0, 0.05) is 23.9 Å². The number of nitrogens with zero attached hydrogens (tertiary/aromatic N) is 1. The minimum Gasteiger partial charge on any atom is -0.486 e. The number of hydrogen-bond acceptors (Lipinski definition) is 8. The first kappa shape index (κ1) is 23.1. The van der Waals surface area contributed by atoms with Gasteiger partial charge in [0.1, 0.15) is 23.1 Å². The molecule has 0 bridgehead atoms. The van der Waals surface area contributed by atoms with Crippen LogP contribution in [0.1, 0.15) is 34.5 Å². The molecule has 0 radical (unpaired) electrons. The van der Waals surface area contributed by atoms with Gasteiger partial charge in [0.2, 0.25) is 5.78 Å². The van der Waals surface area contributed by atoms with Crippen LogP contribution in [-0.4, -0.2) is 51.7 Å². The topological polar surface area (TPSA) is 106 Å². The second-order valence-electron chi connectivity index (χ2n) is 7.93. The lowest BCUT2D eigenvalue weighted by molar-refractivity contribution is -0.137. The molecule has 0 unspecified atom stereocenters. The smallest absolute Gasteiger partial charge is 0.303 e. The number of rotatable bonds is 7. The number of ketones is 1. The molecule has 10 heteroatoms. The first-order valence-corrected chi connectivity index (χ1v) is 12.1. The zero-order valence-corrected chi connectivity index (χ0v) is 19.9. The number of hydrogen-bond donors (Lipinski definition) is 1. The fourth-order valence-corrected chi connectivity index (χ4v) is 5.13. The number of carboxylic acids is 1. The van der Waals surface area contributed by atoms with Crippen LogP contribution in [-0.2, 0) is 9.59 Å². The van der Waals surface area contributed by atoms with Crippen molar-refractivity contribution >= 4 is 63.0 Å². The van der Waals surface area contributed by atoms with Crippen LogP contribution in [0.15, 0.2) is 51.8 Å². The summed E-state index contributed by atoms with van der Waals surface area (Å²) in [5.41, 5.74) is 1.73. The molecule has 1 fully saturated rings. The second-order valence-corrected chi connectivity index (χ2v) is 9.60. The van der Waals surface area contributed by atoms with E-state index in [-0.39, 0.29) is 30.4 Å². The Kier molecular flexibility index (Phi) is 6.31. The highest BCUT2D eigenvalue weighted by molar-refractivity contribution is 8.26. The average molecular weight is 510 g/mol. The molecule has 0 saturated carbocycles. The van der Waals surface area contributed by atoms with E-state index in [4.69, 9.17) is 31.2 Å².